The van der Waals surface area contributed by atoms with Gasteiger partial charge in [0.05, 0.1) is 12.6 Å². The van der Waals surface area contributed by atoms with E-state index in [9.17, 15) is 13.2 Å². The van der Waals surface area contributed by atoms with Gasteiger partial charge in [0, 0.05) is 31.3 Å². The highest BCUT2D eigenvalue weighted by molar-refractivity contribution is 5.24. The molecule has 1 rings (SSSR count). The van der Waals surface area contributed by atoms with Gasteiger partial charge in [0.15, 0.2) is 11.6 Å². The number of halogens is 3. The highest BCUT2D eigenvalue weighted by atomic mass is 19.2. The third-order valence-electron chi connectivity index (χ3n) is 3.20. The van der Waals surface area contributed by atoms with Crippen LogP contribution in [0.5, 0.6) is 0 Å². The Hall–Kier alpha value is -1.11. The number of ether oxygens (including phenoxy) is 1. The lowest BCUT2D eigenvalue weighted by molar-refractivity contribution is 0.0971. The van der Waals surface area contributed by atoms with Gasteiger partial charge in [-0.3, -0.25) is 4.90 Å². The highest BCUT2D eigenvalue weighted by Crippen LogP contribution is 2.24. The van der Waals surface area contributed by atoms with Gasteiger partial charge in [0.2, 0.25) is 0 Å². The molecule has 0 aliphatic heterocycles. The topological polar surface area (TPSA) is 38.5 Å². The SMILES string of the molecule is CCOCCN(CC)C(CN)c1cc(F)c(F)cc1F. The number of rotatable bonds is 8. The van der Waals surface area contributed by atoms with E-state index in [-0.39, 0.29) is 12.1 Å². The molecule has 0 saturated heterocycles. The fourth-order valence-corrected chi connectivity index (χ4v) is 2.13. The maximum atomic E-state index is 13.8. The van der Waals surface area contributed by atoms with Crippen LogP contribution in [0.2, 0.25) is 0 Å². The second-order valence-electron chi connectivity index (χ2n) is 4.36. The fourth-order valence-electron chi connectivity index (χ4n) is 2.13. The number of benzene rings is 1. The summed E-state index contributed by atoms with van der Waals surface area (Å²) in [6, 6.07) is 0.936. The van der Waals surface area contributed by atoms with Gasteiger partial charge in [0.25, 0.3) is 0 Å². The molecule has 0 amide bonds. The van der Waals surface area contributed by atoms with E-state index >= 15 is 0 Å². The van der Waals surface area contributed by atoms with Gasteiger partial charge in [-0.2, -0.15) is 0 Å². The summed E-state index contributed by atoms with van der Waals surface area (Å²) < 4.78 is 45.4. The molecule has 0 aliphatic rings. The zero-order chi connectivity index (χ0) is 15.1. The summed E-state index contributed by atoms with van der Waals surface area (Å²) in [5.74, 6) is -3.05. The summed E-state index contributed by atoms with van der Waals surface area (Å²) in [5.41, 5.74) is 5.75. The monoisotopic (exact) mass is 290 g/mol. The Labute approximate surface area is 117 Å². The Morgan fingerprint density at radius 3 is 2.35 bits per heavy atom. The zero-order valence-electron chi connectivity index (χ0n) is 11.8. The minimum atomic E-state index is -1.20. The summed E-state index contributed by atoms with van der Waals surface area (Å²) in [4.78, 5) is 1.88. The van der Waals surface area contributed by atoms with Crippen LogP contribution in [0.25, 0.3) is 0 Å². The first-order valence-corrected chi connectivity index (χ1v) is 6.71. The largest absolute Gasteiger partial charge is 0.380 e. The summed E-state index contributed by atoms with van der Waals surface area (Å²) >= 11 is 0. The molecule has 0 fully saturated rings. The lowest BCUT2D eigenvalue weighted by Crippen LogP contribution is -2.36. The van der Waals surface area contributed by atoms with E-state index in [4.69, 9.17) is 10.5 Å². The van der Waals surface area contributed by atoms with E-state index in [0.717, 1.165) is 6.07 Å². The molecule has 0 radical (unpaired) electrons. The van der Waals surface area contributed by atoms with Crippen molar-refractivity contribution in [3.63, 3.8) is 0 Å². The molecule has 1 aromatic rings. The van der Waals surface area contributed by atoms with Gasteiger partial charge in [0.1, 0.15) is 5.82 Å². The van der Waals surface area contributed by atoms with E-state index < -0.39 is 23.5 Å². The zero-order valence-corrected chi connectivity index (χ0v) is 11.8. The molecule has 3 nitrogen and oxygen atoms in total. The van der Waals surface area contributed by atoms with Gasteiger partial charge >= 0.3 is 0 Å². The lowest BCUT2D eigenvalue weighted by atomic mass is 10.0. The molecule has 0 aromatic heterocycles. The van der Waals surface area contributed by atoms with E-state index in [2.05, 4.69) is 0 Å². The normalized spacial score (nSPS) is 12.9. The molecule has 1 unspecified atom stereocenters. The van der Waals surface area contributed by atoms with Crippen LogP contribution in [-0.4, -0.2) is 37.7 Å². The third-order valence-corrected chi connectivity index (χ3v) is 3.20. The Morgan fingerprint density at radius 1 is 1.15 bits per heavy atom. The van der Waals surface area contributed by atoms with E-state index in [1.165, 1.54) is 0 Å². The maximum Gasteiger partial charge on any atom is 0.161 e. The molecular formula is C14H21F3N2O. The minimum Gasteiger partial charge on any atom is -0.380 e. The predicted molar refractivity (Wildman–Crippen MR) is 71.9 cm³/mol. The molecule has 2 N–H and O–H groups in total. The predicted octanol–water partition coefficient (Wildman–Crippen LogP) is 2.46. The van der Waals surface area contributed by atoms with Crippen LogP contribution in [0.4, 0.5) is 13.2 Å². The number of nitrogens with zero attached hydrogens (tertiary/aromatic N) is 1. The van der Waals surface area contributed by atoms with E-state index in [1.54, 1.807) is 0 Å². The van der Waals surface area contributed by atoms with Crippen molar-refractivity contribution in [2.45, 2.75) is 19.9 Å². The van der Waals surface area contributed by atoms with Crippen LogP contribution in [0, 0.1) is 17.5 Å². The van der Waals surface area contributed by atoms with Crippen molar-refractivity contribution in [1.29, 1.82) is 0 Å². The van der Waals surface area contributed by atoms with Crippen LogP contribution >= 0.6 is 0 Å². The first-order valence-electron chi connectivity index (χ1n) is 6.71. The Balaban J connectivity index is 2.95. The molecule has 1 atom stereocenters. The van der Waals surface area contributed by atoms with Crippen molar-refractivity contribution < 1.29 is 17.9 Å². The average Bonchev–Trinajstić information content (AvgIpc) is 2.43. The lowest BCUT2D eigenvalue weighted by Gasteiger charge is -2.30. The van der Waals surface area contributed by atoms with E-state index in [0.29, 0.717) is 32.4 Å². The first kappa shape index (κ1) is 16.9. The molecule has 0 heterocycles. The quantitative estimate of drug-likeness (QED) is 0.590. The summed E-state index contributed by atoms with van der Waals surface area (Å²) in [6.45, 7) is 6.11. The van der Waals surface area contributed by atoms with Gasteiger partial charge in [-0.1, -0.05) is 6.92 Å². The van der Waals surface area contributed by atoms with E-state index in [1.807, 2.05) is 18.7 Å². The van der Waals surface area contributed by atoms with Crippen molar-refractivity contribution >= 4 is 0 Å². The molecule has 0 bridgehead atoms. The molecule has 0 saturated carbocycles. The fraction of sp³-hybridized carbons (Fsp3) is 0.571. The molecular weight excluding hydrogens is 269 g/mol. The Kier molecular flexibility index (Phi) is 6.98. The standard InChI is InChI=1S/C14H21F3N2O/c1-3-19(5-6-20-4-2)14(9-18)10-7-12(16)13(17)8-11(10)15/h7-8,14H,3-6,9,18H2,1-2H3. The van der Waals surface area contributed by atoms with Crippen molar-refractivity contribution in [3.8, 4) is 0 Å². The van der Waals surface area contributed by atoms with Crippen molar-refractivity contribution in [2.24, 2.45) is 5.73 Å². The van der Waals surface area contributed by atoms with Crippen LogP contribution in [0.1, 0.15) is 25.5 Å². The second kappa shape index (κ2) is 8.24. The van der Waals surface area contributed by atoms with Crippen LogP contribution in [0.3, 0.4) is 0 Å². The number of hydrogen-bond acceptors (Lipinski definition) is 3. The third kappa shape index (κ3) is 4.19. The minimum absolute atomic E-state index is 0.0738. The number of likely N-dealkylation sites (N-methyl/N-ethyl adjacent to an activating group) is 1. The molecule has 20 heavy (non-hydrogen) atoms. The number of hydrogen-bond donors (Lipinski definition) is 1. The summed E-state index contributed by atoms with van der Waals surface area (Å²) in [5, 5.41) is 0. The Bertz CT molecular complexity index is 429. The number of nitrogens with two attached hydrogens (primary N) is 1. The van der Waals surface area contributed by atoms with Gasteiger partial charge in [-0.15, -0.1) is 0 Å². The summed E-state index contributed by atoms with van der Waals surface area (Å²) in [7, 11) is 0. The summed E-state index contributed by atoms with van der Waals surface area (Å²) in [6.07, 6.45) is 0. The smallest absolute Gasteiger partial charge is 0.161 e. The molecule has 0 aliphatic carbocycles. The molecule has 114 valence electrons. The maximum absolute atomic E-state index is 13.8. The van der Waals surface area contributed by atoms with Gasteiger partial charge in [-0.05, 0) is 19.5 Å². The van der Waals surface area contributed by atoms with Gasteiger partial charge in [-0.25, -0.2) is 13.2 Å². The van der Waals surface area contributed by atoms with Gasteiger partial charge < -0.3 is 10.5 Å². The average molecular weight is 290 g/mol. The van der Waals surface area contributed by atoms with Crippen LogP contribution < -0.4 is 5.73 Å². The highest BCUT2D eigenvalue weighted by Gasteiger charge is 2.22. The first-order chi connectivity index (χ1) is 9.54. The van der Waals surface area contributed by atoms with Crippen molar-refractivity contribution in [2.75, 3.05) is 32.8 Å². The van der Waals surface area contributed by atoms with Crippen molar-refractivity contribution in [1.82, 2.24) is 4.90 Å². The van der Waals surface area contributed by atoms with Crippen LogP contribution in [-0.2, 0) is 4.74 Å². The molecule has 0 spiro atoms. The molecule has 6 heteroatoms. The molecule has 1 aromatic carbocycles. The van der Waals surface area contributed by atoms with Crippen molar-refractivity contribution in [3.05, 3.63) is 35.1 Å². The second-order valence-corrected chi connectivity index (χ2v) is 4.36. The van der Waals surface area contributed by atoms with Crippen LogP contribution in [0.15, 0.2) is 12.1 Å². The Morgan fingerprint density at radius 2 is 1.80 bits per heavy atom.